The van der Waals surface area contributed by atoms with Gasteiger partial charge < -0.3 is 10.0 Å². The third-order valence-corrected chi connectivity index (χ3v) is 1.63. The topological polar surface area (TPSA) is 40.5 Å². The molecule has 0 atom stereocenters. The Morgan fingerprint density at radius 1 is 1.25 bits per heavy atom. The molecule has 0 saturated heterocycles. The average Bonchev–Trinajstić information content (AvgIpc) is 2.05. The molecule has 0 aliphatic carbocycles. The van der Waals surface area contributed by atoms with Crippen molar-refractivity contribution < 1.29 is 10.0 Å². The Morgan fingerprint density at radius 2 is 1.83 bits per heavy atom. The number of hydrogen-bond donors (Lipinski definition) is 2. The van der Waals surface area contributed by atoms with Crippen LogP contribution >= 0.6 is 0 Å². The first-order valence-corrected chi connectivity index (χ1v) is 3.80. The van der Waals surface area contributed by atoms with E-state index in [1.54, 1.807) is 6.08 Å². The predicted molar refractivity (Wildman–Crippen MR) is 50.4 cm³/mol. The van der Waals surface area contributed by atoms with E-state index in [9.17, 15) is 0 Å². The van der Waals surface area contributed by atoms with E-state index in [1.165, 1.54) is 0 Å². The van der Waals surface area contributed by atoms with Crippen LogP contribution in [0, 0.1) is 0 Å². The maximum Gasteiger partial charge on any atom is 0.456 e. The van der Waals surface area contributed by atoms with Gasteiger partial charge in [0.25, 0.3) is 0 Å². The van der Waals surface area contributed by atoms with Gasteiger partial charge in [-0.2, -0.15) is 0 Å². The lowest BCUT2D eigenvalue weighted by Crippen LogP contribution is -2.14. The molecule has 0 aromatic heterocycles. The molecule has 0 fully saturated rings. The van der Waals surface area contributed by atoms with Crippen molar-refractivity contribution in [3.8, 4) is 0 Å². The van der Waals surface area contributed by atoms with Gasteiger partial charge in [0.2, 0.25) is 0 Å². The average molecular weight is 162 g/mol. The molecular formula is C9H11BO2. The summed E-state index contributed by atoms with van der Waals surface area (Å²) in [5.41, 5.74) is 1.95. The fourth-order valence-electron chi connectivity index (χ4n) is 1.00. The van der Waals surface area contributed by atoms with Gasteiger partial charge in [-0.1, -0.05) is 36.9 Å². The highest BCUT2D eigenvalue weighted by Crippen LogP contribution is 2.06. The third kappa shape index (κ3) is 2.53. The van der Waals surface area contributed by atoms with E-state index in [0.717, 1.165) is 11.1 Å². The van der Waals surface area contributed by atoms with Crippen LogP contribution in [0.2, 0.25) is 0 Å². The largest absolute Gasteiger partial charge is 0.456 e. The highest BCUT2D eigenvalue weighted by molar-refractivity contribution is 6.40. The Morgan fingerprint density at radius 3 is 2.25 bits per heavy atom. The van der Waals surface area contributed by atoms with Gasteiger partial charge in [-0.15, -0.1) is 0 Å². The second-order valence-electron chi connectivity index (χ2n) is 2.63. The van der Waals surface area contributed by atoms with Crippen LogP contribution in [0.3, 0.4) is 0 Å². The van der Waals surface area contributed by atoms with Crippen LogP contribution in [0.1, 0.15) is 11.1 Å². The van der Waals surface area contributed by atoms with Crippen molar-refractivity contribution in [1.29, 1.82) is 0 Å². The fourth-order valence-corrected chi connectivity index (χ4v) is 1.00. The zero-order valence-corrected chi connectivity index (χ0v) is 6.77. The highest BCUT2D eigenvalue weighted by Gasteiger charge is 2.06. The third-order valence-electron chi connectivity index (χ3n) is 1.63. The Hall–Kier alpha value is -1.06. The van der Waals surface area contributed by atoms with Crippen molar-refractivity contribution in [1.82, 2.24) is 0 Å². The lowest BCUT2D eigenvalue weighted by Gasteiger charge is -1.99. The van der Waals surface area contributed by atoms with Crippen LogP contribution in [0.15, 0.2) is 30.8 Å². The van der Waals surface area contributed by atoms with E-state index < -0.39 is 7.12 Å². The molecule has 0 heterocycles. The normalized spacial score (nSPS) is 9.50. The molecule has 0 saturated carbocycles. The van der Waals surface area contributed by atoms with Gasteiger partial charge in [0.15, 0.2) is 0 Å². The molecule has 1 aromatic rings. The highest BCUT2D eigenvalue weighted by atomic mass is 16.4. The molecule has 0 unspecified atom stereocenters. The molecular weight excluding hydrogens is 151 g/mol. The second-order valence-corrected chi connectivity index (χ2v) is 2.63. The van der Waals surface area contributed by atoms with Crippen molar-refractivity contribution in [3.05, 3.63) is 42.0 Å². The molecule has 0 spiro atoms. The molecule has 2 N–H and O–H groups in total. The number of hydrogen-bond acceptors (Lipinski definition) is 2. The second kappa shape index (κ2) is 4.09. The SMILES string of the molecule is C=Cc1ccc(CB(O)O)cc1. The minimum Gasteiger partial charge on any atom is -0.427 e. The van der Waals surface area contributed by atoms with E-state index >= 15 is 0 Å². The first-order chi connectivity index (χ1) is 5.72. The minimum absolute atomic E-state index is 0.275. The van der Waals surface area contributed by atoms with Gasteiger partial charge in [0.1, 0.15) is 0 Å². The minimum atomic E-state index is -1.26. The summed E-state index contributed by atoms with van der Waals surface area (Å²) in [7, 11) is -1.26. The monoisotopic (exact) mass is 162 g/mol. The molecule has 2 nitrogen and oxygen atoms in total. The molecule has 3 heteroatoms. The van der Waals surface area contributed by atoms with Crippen LogP contribution in [0.4, 0.5) is 0 Å². The molecule has 62 valence electrons. The molecule has 0 amide bonds. The van der Waals surface area contributed by atoms with Crippen molar-refractivity contribution >= 4 is 13.2 Å². The van der Waals surface area contributed by atoms with Crippen molar-refractivity contribution in [2.75, 3.05) is 0 Å². The summed E-state index contributed by atoms with van der Waals surface area (Å²) in [6.07, 6.45) is 2.02. The summed E-state index contributed by atoms with van der Waals surface area (Å²) >= 11 is 0. The maximum atomic E-state index is 8.67. The first-order valence-electron chi connectivity index (χ1n) is 3.80. The van der Waals surface area contributed by atoms with Crippen LogP contribution in [0.5, 0.6) is 0 Å². The summed E-state index contributed by atoms with van der Waals surface area (Å²) < 4.78 is 0. The zero-order valence-electron chi connectivity index (χ0n) is 6.77. The summed E-state index contributed by atoms with van der Waals surface area (Å²) in [5, 5.41) is 17.3. The summed E-state index contributed by atoms with van der Waals surface area (Å²) in [5.74, 6) is 0. The number of benzene rings is 1. The van der Waals surface area contributed by atoms with Gasteiger partial charge in [0.05, 0.1) is 0 Å². The molecule has 0 radical (unpaired) electrons. The summed E-state index contributed by atoms with van der Waals surface area (Å²) in [4.78, 5) is 0. The Bertz CT molecular complexity index is 254. The zero-order chi connectivity index (χ0) is 8.97. The van der Waals surface area contributed by atoms with Crippen molar-refractivity contribution in [2.24, 2.45) is 0 Å². The number of rotatable bonds is 3. The van der Waals surface area contributed by atoms with E-state index in [-0.39, 0.29) is 6.32 Å². The van der Waals surface area contributed by atoms with Crippen LogP contribution in [-0.2, 0) is 6.32 Å². The lowest BCUT2D eigenvalue weighted by molar-refractivity contribution is 0.405. The smallest absolute Gasteiger partial charge is 0.427 e. The molecule has 0 aliphatic heterocycles. The lowest BCUT2D eigenvalue weighted by atomic mass is 9.82. The van der Waals surface area contributed by atoms with Crippen LogP contribution in [0.25, 0.3) is 6.08 Å². The van der Waals surface area contributed by atoms with Crippen LogP contribution < -0.4 is 0 Å². The van der Waals surface area contributed by atoms with E-state index in [4.69, 9.17) is 10.0 Å². The predicted octanol–water partition coefficient (Wildman–Crippen LogP) is 0.884. The van der Waals surface area contributed by atoms with Gasteiger partial charge in [-0.3, -0.25) is 0 Å². The quantitative estimate of drug-likeness (QED) is 0.647. The maximum absolute atomic E-state index is 8.67. The summed E-state index contributed by atoms with van der Waals surface area (Å²) in [6.45, 7) is 3.62. The van der Waals surface area contributed by atoms with Crippen molar-refractivity contribution in [2.45, 2.75) is 6.32 Å². The Balaban J connectivity index is 2.71. The fraction of sp³-hybridized carbons (Fsp3) is 0.111. The Labute approximate surface area is 72.3 Å². The van der Waals surface area contributed by atoms with E-state index in [2.05, 4.69) is 6.58 Å². The van der Waals surface area contributed by atoms with Gasteiger partial charge >= 0.3 is 7.12 Å². The van der Waals surface area contributed by atoms with Crippen LogP contribution in [-0.4, -0.2) is 17.2 Å². The van der Waals surface area contributed by atoms with Gasteiger partial charge in [0, 0.05) is 6.32 Å². The Kier molecular flexibility index (Phi) is 3.08. The van der Waals surface area contributed by atoms with Gasteiger partial charge in [-0.25, -0.2) is 0 Å². The van der Waals surface area contributed by atoms with Gasteiger partial charge in [-0.05, 0) is 11.1 Å². The first kappa shape index (κ1) is 9.04. The molecule has 0 aliphatic rings. The molecule has 1 rings (SSSR count). The molecule has 1 aromatic carbocycles. The standard InChI is InChI=1S/C9H11BO2/c1-2-8-3-5-9(6-4-8)7-10(11)12/h2-6,11-12H,1,7H2. The van der Waals surface area contributed by atoms with E-state index in [1.807, 2.05) is 24.3 Å². The van der Waals surface area contributed by atoms with Crippen molar-refractivity contribution in [3.63, 3.8) is 0 Å². The van der Waals surface area contributed by atoms with E-state index in [0.29, 0.717) is 0 Å². The summed E-state index contributed by atoms with van der Waals surface area (Å²) in [6, 6.07) is 7.50. The molecule has 12 heavy (non-hydrogen) atoms. The molecule has 0 bridgehead atoms.